The standard InChI is InChI=1S/C17H27N3O/c1-3-16(21-4-2)17-19-11-13-9-12(5-8-15(13)20-17)10-18-14-6-7-14/h11-12,14,16,18H,3-10H2,1-2H3. The van der Waals surface area contributed by atoms with E-state index in [1.54, 1.807) is 0 Å². The van der Waals surface area contributed by atoms with E-state index in [4.69, 9.17) is 9.72 Å². The Kier molecular flexibility index (Phi) is 4.86. The Morgan fingerprint density at radius 3 is 2.90 bits per heavy atom. The van der Waals surface area contributed by atoms with Gasteiger partial charge in [-0.15, -0.1) is 0 Å². The quantitative estimate of drug-likeness (QED) is 0.838. The van der Waals surface area contributed by atoms with E-state index in [-0.39, 0.29) is 6.10 Å². The third kappa shape index (κ3) is 3.80. The summed E-state index contributed by atoms with van der Waals surface area (Å²) in [6.45, 7) is 6.03. The molecule has 0 bridgehead atoms. The first kappa shape index (κ1) is 14.9. The minimum Gasteiger partial charge on any atom is -0.371 e. The fraction of sp³-hybridized carbons (Fsp3) is 0.765. The van der Waals surface area contributed by atoms with Gasteiger partial charge in [-0.2, -0.15) is 0 Å². The molecule has 2 aliphatic carbocycles. The highest BCUT2D eigenvalue weighted by molar-refractivity contribution is 5.22. The van der Waals surface area contributed by atoms with Gasteiger partial charge in [-0.25, -0.2) is 9.97 Å². The smallest absolute Gasteiger partial charge is 0.157 e. The average Bonchev–Trinajstić information content (AvgIpc) is 3.34. The largest absolute Gasteiger partial charge is 0.371 e. The molecule has 0 aliphatic heterocycles. The predicted octanol–water partition coefficient (Wildman–Crippen LogP) is 2.82. The topological polar surface area (TPSA) is 47.0 Å². The molecule has 0 aromatic carbocycles. The Hall–Kier alpha value is -1.00. The Labute approximate surface area is 127 Å². The second-order valence-electron chi connectivity index (χ2n) is 6.34. The van der Waals surface area contributed by atoms with Gasteiger partial charge in [0.1, 0.15) is 6.10 Å². The van der Waals surface area contributed by atoms with E-state index in [1.807, 2.05) is 13.1 Å². The molecule has 0 radical (unpaired) electrons. The number of hydrogen-bond acceptors (Lipinski definition) is 4. The summed E-state index contributed by atoms with van der Waals surface area (Å²) < 4.78 is 5.73. The third-order valence-corrected chi connectivity index (χ3v) is 4.57. The first-order valence-electron chi connectivity index (χ1n) is 8.49. The van der Waals surface area contributed by atoms with Crippen LogP contribution < -0.4 is 5.32 Å². The summed E-state index contributed by atoms with van der Waals surface area (Å²) in [5.41, 5.74) is 2.60. The van der Waals surface area contributed by atoms with Crippen molar-refractivity contribution in [3.8, 4) is 0 Å². The zero-order valence-corrected chi connectivity index (χ0v) is 13.3. The molecule has 2 unspecified atom stereocenters. The molecule has 2 aliphatic rings. The lowest BCUT2D eigenvalue weighted by molar-refractivity contribution is 0.0532. The van der Waals surface area contributed by atoms with E-state index in [2.05, 4.69) is 17.2 Å². The number of aromatic nitrogens is 2. The SMILES string of the molecule is CCOC(CC)c1ncc2c(n1)CCC(CNC1CC1)C2. The van der Waals surface area contributed by atoms with Gasteiger partial charge >= 0.3 is 0 Å². The van der Waals surface area contributed by atoms with Crippen LogP contribution >= 0.6 is 0 Å². The first-order chi connectivity index (χ1) is 10.3. The fourth-order valence-electron chi connectivity index (χ4n) is 3.12. The van der Waals surface area contributed by atoms with Gasteiger partial charge in [0.15, 0.2) is 5.82 Å². The maximum absolute atomic E-state index is 5.73. The normalized spacial score (nSPS) is 22.9. The highest BCUT2D eigenvalue weighted by atomic mass is 16.5. The molecule has 4 heteroatoms. The van der Waals surface area contributed by atoms with E-state index < -0.39 is 0 Å². The molecule has 21 heavy (non-hydrogen) atoms. The lowest BCUT2D eigenvalue weighted by Crippen LogP contribution is -2.29. The van der Waals surface area contributed by atoms with Crippen LogP contribution in [0.4, 0.5) is 0 Å². The zero-order chi connectivity index (χ0) is 14.7. The van der Waals surface area contributed by atoms with Gasteiger partial charge in [-0.05, 0) is 63.5 Å². The molecule has 1 heterocycles. The predicted molar refractivity (Wildman–Crippen MR) is 83.2 cm³/mol. The maximum Gasteiger partial charge on any atom is 0.157 e. The molecule has 3 rings (SSSR count). The number of ether oxygens (including phenoxy) is 1. The highest BCUT2D eigenvalue weighted by Crippen LogP contribution is 2.27. The van der Waals surface area contributed by atoms with Gasteiger partial charge < -0.3 is 10.1 Å². The van der Waals surface area contributed by atoms with Crippen LogP contribution in [-0.2, 0) is 17.6 Å². The van der Waals surface area contributed by atoms with Crippen molar-refractivity contribution in [3.63, 3.8) is 0 Å². The monoisotopic (exact) mass is 289 g/mol. The summed E-state index contributed by atoms with van der Waals surface area (Å²) in [7, 11) is 0. The van der Waals surface area contributed by atoms with Crippen molar-refractivity contribution < 1.29 is 4.74 Å². The van der Waals surface area contributed by atoms with Crippen LogP contribution in [0.3, 0.4) is 0 Å². The number of aryl methyl sites for hydroxylation is 1. The molecule has 0 spiro atoms. The van der Waals surface area contributed by atoms with E-state index in [9.17, 15) is 0 Å². The second kappa shape index (κ2) is 6.84. The summed E-state index contributed by atoms with van der Waals surface area (Å²) in [6, 6.07) is 0.807. The maximum atomic E-state index is 5.73. The van der Waals surface area contributed by atoms with Crippen LogP contribution in [0.1, 0.15) is 62.7 Å². The lowest BCUT2D eigenvalue weighted by atomic mass is 9.87. The third-order valence-electron chi connectivity index (χ3n) is 4.57. The van der Waals surface area contributed by atoms with Gasteiger partial charge in [0.25, 0.3) is 0 Å². The summed E-state index contributed by atoms with van der Waals surface area (Å²) in [5.74, 6) is 1.62. The molecule has 1 fully saturated rings. The van der Waals surface area contributed by atoms with Crippen LogP contribution in [0.5, 0.6) is 0 Å². The summed E-state index contributed by atoms with van der Waals surface area (Å²) in [6.07, 6.45) is 9.22. The van der Waals surface area contributed by atoms with Crippen LogP contribution in [-0.4, -0.2) is 29.2 Å². The van der Waals surface area contributed by atoms with Crippen molar-refractivity contribution in [2.45, 2.75) is 64.5 Å². The van der Waals surface area contributed by atoms with Crippen LogP contribution in [0.25, 0.3) is 0 Å². The van der Waals surface area contributed by atoms with Crippen molar-refractivity contribution in [2.24, 2.45) is 5.92 Å². The van der Waals surface area contributed by atoms with E-state index in [0.29, 0.717) is 6.61 Å². The van der Waals surface area contributed by atoms with Gasteiger partial charge in [-0.3, -0.25) is 0 Å². The van der Waals surface area contributed by atoms with Crippen molar-refractivity contribution in [1.29, 1.82) is 0 Å². The molecule has 1 saturated carbocycles. The van der Waals surface area contributed by atoms with Gasteiger partial charge in [-0.1, -0.05) is 6.92 Å². The Morgan fingerprint density at radius 2 is 2.19 bits per heavy atom. The van der Waals surface area contributed by atoms with Crippen LogP contribution in [0.2, 0.25) is 0 Å². The molecule has 1 N–H and O–H groups in total. The second-order valence-corrected chi connectivity index (χ2v) is 6.34. The number of nitrogens with zero attached hydrogens (tertiary/aromatic N) is 2. The van der Waals surface area contributed by atoms with Crippen molar-refractivity contribution >= 4 is 0 Å². The van der Waals surface area contributed by atoms with Crippen molar-refractivity contribution in [2.75, 3.05) is 13.2 Å². The lowest BCUT2D eigenvalue weighted by Gasteiger charge is -2.25. The highest BCUT2D eigenvalue weighted by Gasteiger charge is 2.25. The summed E-state index contributed by atoms with van der Waals surface area (Å²) >= 11 is 0. The van der Waals surface area contributed by atoms with Crippen molar-refractivity contribution in [3.05, 3.63) is 23.3 Å². The molecule has 116 valence electrons. The number of nitrogens with one attached hydrogen (secondary N) is 1. The molecule has 0 saturated heterocycles. The zero-order valence-electron chi connectivity index (χ0n) is 13.3. The van der Waals surface area contributed by atoms with Crippen LogP contribution in [0.15, 0.2) is 6.20 Å². The average molecular weight is 289 g/mol. The minimum absolute atomic E-state index is 0.0505. The van der Waals surface area contributed by atoms with Gasteiger partial charge in [0.05, 0.1) is 0 Å². The Morgan fingerprint density at radius 1 is 1.33 bits per heavy atom. The number of fused-ring (bicyclic) bond motifs is 1. The van der Waals surface area contributed by atoms with E-state index in [0.717, 1.165) is 43.6 Å². The van der Waals surface area contributed by atoms with Gasteiger partial charge in [0, 0.05) is 24.5 Å². The van der Waals surface area contributed by atoms with Crippen molar-refractivity contribution in [1.82, 2.24) is 15.3 Å². The molecule has 4 nitrogen and oxygen atoms in total. The molecular formula is C17H27N3O. The van der Waals surface area contributed by atoms with Gasteiger partial charge in [0.2, 0.25) is 0 Å². The van der Waals surface area contributed by atoms with E-state index >= 15 is 0 Å². The molecule has 0 amide bonds. The molecule has 1 aromatic rings. The molecular weight excluding hydrogens is 262 g/mol. The first-order valence-corrected chi connectivity index (χ1v) is 8.49. The minimum atomic E-state index is 0.0505. The Bertz CT molecular complexity index is 473. The number of hydrogen-bond donors (Lipinski definition) is 1. The molecule has 1 aromatic heterocycles. The number of rotatable bonds is 7. The fourth-order valence-corrected chi connectivity index (χ4v) is 3.12. The van der Waals surface area contributed by atoms with E-state index in [1.165, 1.54) is 30.5 Å². The summed E-state index contributed by atoms with van der Waals surface area (Å²) in [4.78, 5) is 9.36. The summed E-state index contributed by atoms with van der Waals surface area (Å²) in [5, 5.41) is 3.65. The van der Waals surface area contributed by atoms with Crippen LogP contribution in [0, 0.1) is 5.92 Å². The molecule has 2 atom stereocenters. The Balaban J connectivity index is 1.63.